The maximum absolute atomic E-state index is 10.3. The second-order valence-corrected chi connectivity index (χ2v) is 3.70. The van der Waals surface area contributed by atoms with Crippen LogP contribution in [0.3, 0.4) is 0 Å². The summed E-state index contributed by atoms with van der Waals surface area (Å²) in [6.45, 7) is 2.62. The van der Waals surface area contributed by atoms with Gasteiger partial charge in [-0.3, -0.25) is 0 Å². The van der Waals surface area contributed by atoms with Gasteiger partial charge < -0.3 is 9.84 Å². The predicted molar refractivity (Wildman–Crippen MR) is 66.2 cm³/mol. The number of hydrogen-bond acceptors (Lipinski definition) is 3. The molecule has 0 amide bonds. The van der Waals surface area contributed by atoms with Gasteiger partial charge >= 0.3 is 5.97 Å². The Kier molecular flexibility index (Phi) is 5.83. The first-order chi connectivity index (χ1) is 8.22. The number of allylic oxidation sites excluding steroid dienone is 4. The van der Waals surface area contributed by atoms with Gasteiger partial charge in [0.25, 0.3) is 0 Å². The molecule has 17 heavy (non-hydrogen) atoms. The highest BCUT2D eigenvalue weighted by atomic mass is 16.5. The molecule has 0 aromatic heterocycles. The Morgan fingerprint density at radius 3 is 3.00 bits per heavy atom. The molecule has 0 saturated carbocycles. The number of hydrogen-bond donors (Lipinski definition) is 1. The molecule has 0 saturated heterocycles. The number of nitrogens with zero attached hydrogens (tertiary/aromatic N) is 1. The minimum Gasteiger partial charge on any atom is -0.482 e. The van der Waals surface area contributed by atoms with Crippen LogP contribution >= 0.6 is 0 Å². The number of aliphatic carboxylic acids is 1. The maximum atomic E-state index is 10.3. The van der Waals surface area contributed by atoms with Gasteiger partial charge in [-0.25, -0.2) is 9.79 Å². The van der Waals surface area contributed by atoms with E-state index in [-0.39, 0.29) is 6.61 Å². The van der Waals surface area contributed by atoms with Crippen molar-refractivity contribution in [1.82, 2.24) is 0 Å². The predicted octanol–water partition coefficient (Wildman–Crippen LogP) is 2.33. The highest BCUT2D eigenvalue weighted by molar-refractivity contribution is 5.68. The van der Waals surface area contributed by atoms with Crippen LogP contribution in [0.5, 0.6) is 0 Å². The fourth-order valence-electron chi connectivity index (χ4n) is 1.26. The van der Waals surface area contributed by atoms with E-state index in [2.05, 4.69) is 17.8 Å². The van der Waals surface area contributed by atoms with E-state index in [4.69, 9.17) is 9.84 Å². The minimum absolute atomic E-state index is 0.306. The molecule has 1 N–H and O–H groups in total. The van der Waals surface area contributed by atoms with Crippen LogP contribution < -0.4 is 0 Å². The molecule has 0 unspecified atom stereocenters. The third-order valence-electron chi connectivity index (χ3n) is 2.18. The highest BCUT2D eigenvalue weighted by Gasteiger charge is 2.04. The summed E-state index contributed by atoms with van der Waals surface area (Å²) in [5.41, 5.74) is 0.990. The molecular formula is C13H17NO3. The molecule has 0 aromatic rings. The smallest absolute Gasteiger partial charge is 0.341 e. The Morgan fingerprint density at radius 1 is 1.59 bits per heavy atom. The van der Waals surface area contributed by atoms with Gasteiger partial charge in [-0.2, -0.15) is 0 Å². The normalized spacial score (nSPS) is 13.9. The van der Waals surface area contributed by atoms with Crippen LogP contribution in [0.4, 0.5) is 0 Å². The molecule has 0 atom stereocenters. The van der Waals surface area contributed by atoms with Crippen LogP contribution in [0.2, 0.25) is 0 Å². The summed E-state index contributed by atoms with van der Waals surface area (Å²) in [6.07, 6.45) is 8.31. The number of ether oxygens (including phenoxy) is 1. The molecule has 0 fully saturated rings. The van der Waals surface area contributed by atoms with Gasteiger partial charge in [-0.15, -0.1) is 0 Å². The molecule has 0 aromatic carbocycles. The first-order valence-electron chi connectivity index (χ1n) is 5.73. The fraction of sp³-hybridized carbons (Fsp3) is 0.462. The highest BCUT2D eigenvalue weighted by Crippen LogP contribution is 2.13. The lowest BCUT2D eigenvalue weighted by atomic mass is 10.1. The van der Waals surface area contributed by atoms with Gasteiger partial charge in [0.2, 0.25) is 0 Å². The van der Waals surface area contributed by atoms with Crippen molar-refractivity contribution < 1.29 is 14.6 Å². The first-order valence-corrected chi connectivity index (χ1v) is 5.73. The molecule has 92 valence electrons. The quantitative estimate of drug-likeness (QED) is 0.567. The zero-order chi connectivity index (χ0) is 12.5. The van der Waals surface area contributed by atoms with E-state index in [9.17, 15) is 4.79 Å². The molecule has 4 nitrogen and oxygen atoms in total. The Balaban J connectivity index is 2.41. The molecular weight excluding hydrogens is 218 g/mol. The second-order valence-electron chi connectivity index (χ2n) is 3.70. The summed E-state index contributed by atoms with van der Waals surface area (Å²) in [6, 6.07) is 0. The molecule has 0 spiro atoms. The van der Waals surface area contributed by atoms with E-state index < -0.39 is 5.97 Å². The summed E-state index contributed by atoms with van der Waals surface area (Å²) >= 11 is 0. The van der Waals surface area contributed by atoms with E-state index in [1.54, 1.807) is 6.08 Å². The van der Waals surface area contributed by atoms with Crippen LogP contribution in [0, 0.1) is 0 Å². The van der Waals surface area contributed by atoms with Crippen molar-refractivity contribution in [3.05, 3.63) is 29.6 Å². The number of carboxylic acid groups (broad SMARTS) is 1. The summed E-state index contributed by atoms with van der Waals surface area (Å²) < 4.78 is 5.04. The molecule has 1 aliphatic rings. The summed E-state index contributed by atoms with van der Waals surface area (Å²) in [5.74, 6) is 2.60. The van der Waals surface area contributed by atoms with Gasteiger partial charge in [-0.05, 0) is 30.5 Å². The number of aliphatic imine (C=N–C) groups is 1. The van der Waals surface area contributed by atoms with Crippen molar-refractivity contribution in [3.63, 3.8) is 0 Å². The van der Waals surface area contributed by atoms with Gasteiger partial charge in [0.05, 0.1) is 0 Å². The van der Waals surface area contributed by atoms with Crippen molar-refractivity contribution in [3.8, 4) is 0 Å². The molecule has 1 aliphatic carbocycles. The topological polar surface area (TPSA) is 58.9 Å². The first kappa shape index (κ1) is 13.3. The standard InChI is InChI=1S/C13H17NO3/c1-2-3-8-14-9-11-4-6-12(7-5-11)17-10-13(15)16/h4,6-7H,2-3,5,8,10H2,1H3,(H,15,16). The average molecular weight is 235 g/mol. The number of rotatable bonds is 6. The van der Waals surface area contributed by atoms with Crippen molar-refractivity contribution >= 4 is 11.8 Å². The molecule has 0 aliphatic heterocycles. The Labute approximate surface area is 101 Å². The minimum atomic E-state index is -0.971. The van der Waals surface area contributed by atoms with Crippen LogP contribution in [0.25, 0.3) is 0 Å². The largest absolute Gasteiger partial charge is 0.482 e. The summed E-state index contributed by atoms with van der Waals surface area (Å²) in [5, 5.41) is 8.45. The average Bonchev–Trinajstić information content (AvgIpc) is 2.33. The Hall–Kier alpha value is -1.80. The van der Waals surface area contributed by atoms with E-state index in [0.29, 0.717) is 12.2 Å². The SMILES string of the molecule is CCCCN=C=C1C=CC(OCC(=O)O)=CC1. The van der Waals surface area contributed by atoms with E-state index in [1.165, 1.54) is 0 Å². The van der Waals surface area contributed by atoms with Crippen molar-refractivity contribution in [2.45, 2.75) is 26.2 Å². The van der Waals surface area contributed by atoms with E-state index in [0.717, 1.165) is 25.0 Å². The lowest BCUT2D eigenvalue weighted by molar-refractivity contribution is -0.140. The lowest BCUT2D eigenvalue weighted by Crippen LogP contribution is -2.06. The zero-order valence-corrected chi connectivity index (χ0v) is 9.98. The van der Waals surface area contributed by atoms with Crippen LogP contribution in [-0.2, 0) is 9.53 Å². The van der Waals surface area contributed by atoms with Gasteiger partial charge in [0.15, 0.2) is 6.61 Å². The number of unbranched alkanes of at least 4 members (excludes halogenated alkanes) is 1. The molecule has 4 heteroatoms. The maximum Gasteiger partial charge on any atom is 0.341 e. The van der Waals surface area contributed by atoms with Crippen LogP contribution in [0.1, 0.15) is 26.2 Å². The molecule has 0 heterocycles. The van der Waals surface area contributed by atoms with E-state index >= 15 is 0 Å². The lowest BCUT2D eigenvalue weighted by Gasteiger charge is -2.07. The van der Waals surface area contributed by atoms with Crippen LogP contribution in [-0.4, -0.2) is 30.1 Å². The van der Waals surface area contributed by atoms with Gasteiger partial charge in [0, 0.05) is 18.5 Å². The monoisotopic (exact) mass is 235 g/mol. The second kappa shape index (κ2) is 7.47. The Morgan fingerprint density at radius 2 is 2.41 bits per heavy atom. The molecule has 1 rings (SSSR count). The van der Waals surface area contributed by atoms with E-state index in [1.807, 2.05) is 12.2 Å². The third-order valence-corrected chi connectivity index (χ3v) is 2.18. The zero-order valence-electron chi connectivity index (χ0n) is 9.98. The summed E-state index contributed by atoms with van der Waals surface area (Å²) in [4.78, 5) is 14.5. The van der Waals surface area contributed by atoms with Gasteiger partial charge in [0.1, 0.15) is 5.76 Å². The summed E-state index contributed by atoms with van der Waals surface area (Å²) in [7, 11) is 0. The van der Waals surface area contributed by atoms with Crippen molar-refractivity contribution in [2.24, 2.45) is 4.99 Å². The number of carbonyl (C=O) groups is 1. The third kappa shape index (κ3) is 5.73. The van der Waals surface area contributed by atoms with Crippen molar-refractivity contribution in [2.75, 3.05) is 13.2 Å². The fourth-order valence-corrected chi connectivity index (χ4v) is 1.26. The van der Waals surface area contributed by atoms with Crippen LogP contribution in [0.15, 0.2) is 34.6 Å². The molecule has 0 bridgehead atoms. The molecule has 0 radical (unpaired) electrons. The number of carboxylic acids is 1. The van der Waals surface area contributed by atoms with Crippen molar-refractivity contribution in [1.29, 1.82) is 0 Å². The van der Waals surface area contributed by atoms with Gasteiger partial charge in [-0.1, -0.05) is 13.3 Å². The Bertz CT molecular complexity index is 387.